The molecule has 1 atom stereocenters. The maximum absolute atomic E-state index is 14.1. The van der Waals surface area contributed by atoms with Crippen molar-refractivity contribution in [3.63, 3.8) is 0 Å². The minimum absolute atomic E-state index is 0.0977. The van der Waals surface area contributed by atoms with E-state index >= 15 is 0 Å². The fraction of sp³-hybridized carbons (Fsp3) is 0.450. The van der Waals surface area contributed by atoms with Crippen molar-refractivity contribution in [2.75, 3.05) is 38.5 Å². The third-order valence-corrected chi connectivity index (χ3v) is 6.32. The molecule has 0 aliphatic carbocycles. The Morgan fingerprint density at radius 1 is 1.25 bits per heavy atom. The fourth-order valence-corrected chi connectivity index (χ4v) is 4.73. The highest BCUT2D eigenvalue weighted by Crippen LogP contribution is 2.39. The average Bonchev–Trinajstić information content (AvgIpc) is 3.42. The molecule has 0 radical (unpaired) electrons. The van der Waals surface area contributed by atoms with Gasteiger partial charge in [0.25, 0.3) is 5.91 Å². The van der Waals surface area contributed by atoms with E-state index in [9.17, 15) is 9.18 Å². The summed E-state index contributed by atoms with van der Waals surface area (Å²) < 4.78 is 15.7. The molecule has 1 amide bonds. The molecule has 28 heavy (non-hydrogen) atoms. The topological polar surface area (TPSA) is 79.8 Å². The van der Waals surface area contributed by atoms with Crippen molar-refractivity contribution in [2.24, 2.45) is 5.41 Å². The first kappa shape index (κ1) is 17.4. The molecule has 2 aliphatic rings. The molecule has 1 unspecified atom stereocenters. The molecule has 1 spiro atoms. The van der Waals surface area contributed by atoms with Gasteiger partial charge in [-0.05, 0) is 38.1 Å². The number of likely N-dealkylation sites (tertiary alicyclic amines) is 2. The van der Waals surface area contributed by atoms with Gasteiger partial charge in [0.05, 0.1) is 0 Å². The second kappa shape index (κ2) is 6.13. The average molecular weight is 382 g/mol. The van der Waals surface area contributed by atoms with Gasteiger partial charge in [0.15, 0.2) is 0 Å². The molecule has 3 aromatic rings. The summed E-state index contributed by atoms with van der Waals surface area (Å²) in [4.78, 5) is 26.1. The predicted octanol–water partition coefficient (Wildman–Crippen LogP) is 2.16. The van der Waals surface area contributed by atoms with Crippen LogP contribution in [0.4, 0.5) is 10.3 Å². The number of nitrogens with two attached hydrogens (primary N) is 1. The number of para-hydroxylation sites is 1. The number of hydrogen-bond acceptors (Lipinski definition) is 5. The number of carbonyl (C=O) groups excluding carboxylic acids is 1. The summed E-state index contributed by atoms with van der Waals surface area (Å²) >= 11 is 0. The molecule has 7 nitrogen and oxygen atoms in total. The van der Waals surface area contributed by atoms with E-state index in [2.05, 4.69) is 21.8 Å². The Bertz CT molecular complexity index is 1100. The van der Waals surface area contributed by atoms with Gasteiger partial charge < -0.3 is 15.5 Å². The van der Waals surface area contributed by atoms with Gasteiger partial charge in [0, 0.05) is 36.6 Å². The van der Waals surface area contributed by atoms with Crippen molar-refractivity contribution >= 4 is 28.4 Å². The zero-order valence-electron chi connectivity index (χ0n) is 15.9. The van der Waals surface area contributed by atoms with E-state index < -0.39 is 5.82 Å². The van der Waals surface area contributed by atoms with Crippen LogP contribution in [0.5, 0.6) is 0 Å². The highest BCUT2D eigenvalue weighted by molar-refractivity contribution is 5.97. The monoisotopic (exact) mass is 382 g/mol. The molecular formula is C20H23FN6O. The normalized spacial score (nSPS) is 22.9. The van der Waals surface area contributed by atoms with E-state index in [-0.39, 0.29) is 22.8 Å². The zero-order chi connectivity index (χ0) is 19.5. The van der Waals surface area contributed by atoms with Gasteiger partial charge in [-0.2, -0.15) is 0 Å². The number of nitrogens with zero attached hydrogens (tertiary/aromatic N) is 5. The lowest BCUT2D eigenvalue weighted by Crippen LogP contribution is -2.34. The van der Waals surface area contributed by atoms with Crippen molar-refractivity contribution in [2.45, 2.75) is 19.8 Å². The largest absolute Gasteiger partial charge is 0.369 e. The molecule has 4 heterocycles. The number of anilines is 1. The number of rotatable bonds is 2. The first-order valence-electron chi connectivity index (χ1n) is 9.74. The number of fused-ring (bicyclic) bond motifs is 3. The van der Waals surface area contributed by atoms with Crippen LogP contribution in [0.25, 0.3) is 16.6 Å². The Labute approximate surface area is 161 Å². The van der Waals surface area contributed by atoms with E-state index in [0.29, 0.717) is 16.7 Å². The van der Waals surface area contributed by atoms with Crippen LogP contribution in [0.2, 0.25) is 0 Å². The Kier molecular flexibility index (Phi) is 3.80. The number of carbonyl (C=O) groups is 1. The third-order valence-electron chi connectivity index (χ3n) is 6.32. The smallest absolute Gasteiger partial charge is 0.274 e. The van der Waals surface area contributed by atoms with Crippen LogP contribution in [0.15, 0.2) is 24.4 Å². The number of halogens is 1. The van der Waals surface area contributed by atoms with Gasteiger partial charge in [0.2, 0.25) is 5.95 Å². The Hall–Kier alpha value is -2.74. The number of nitrogen functional groups attached to an aromatic ring is 1. The molecule has 0 saturated carbocycles. The van der Waals surface area contributed by atoms with E-state index in [0.717, 1.165) is 45.6 Å². The standard InChI is InChI=1S/C20H23FN6O/c1-2-25-8-6-20(11-25)7-9-26(12-20)18(28)15-10-27-17(23-15)13-4-3-5-14(21)16(13)24-19(27)22/h3-5,10H,2,6-9,11-12H2,1H3,(H2,22,24). The first-order valence-corrected chi connectivity index (χ1v) is 9.74. The lowest BCUT2D eigenvalue weighted by molar-refractivity contribution is 0.0768. The summed E-state index contributed by atoms with van der Waals surface area (Å²) in [5.74, 6) is -0.434. The maximum Gasteiger partial charge on any atom is 0.274 e. The molecule has 2 saturated heterocycles. The van der Waals surface area contributed by atoms with E-state index in [1.54, 1.807) is 22.7 Å². The van der Waals surface area contributed by atoms with Crippen LogP contribution in [-0.2, 0) is 0 Å². The predicted molar refractivity (Wildman–Crippen MR) is 105 cm³/mol. The molecule has 2 N–H and O–H groups in total. The summed E-state index contributed by atoms with van der Waals surface area (Å²) in [6, 6.07) is 4.69. The summed E-state index contributed by atoms with van der Waals surface area (Å²) in [5.41, 5.74) is 7.16. The number of benzene rings is 1. The second-order valence-electron chi connectivity index (χ2n) is 8.02. The molecule has 0 bridgehead atoms. The summed E-state index contributed by atoms with van der Waals surface area (Å²) in [5, 5.41) is 0.542. The molecule has 5 rings (SSSR count). The van der Waals surface area contributed by atoms with Gasteiger partial charge in [-0.25, -0.2) is 14.4 Å². The van der Waals surface area contributed by atoms with E-state index in [4.69, 9.17) is 5.73 Å². The Balaban J connectivity index is 1.48. The lowest BCUT2D eigenvalue weighted by atomic mass is 9.86. The Morgan fingerprint density at radius 2 is 2.07 bits per heavy atom. The third kappa shape index (κ3) is 2.55. The lowest BCUT2D eigenvalue weighted by Gasteiger charge is -2.24. The van der Waals surface area contributed by atoms with Gasteiger partial charge in [0.1, 0.15) is 22.7 Å². The van der Waals surface area contributed by atoms with Gasteiger partial charge >= 0.3 is 0 Å². The van der Waals surface area contributed by atoms with E-state index in [1.807, 2.05) is 4.90 Å². The first-order chi connectivity index (χ1) is 13.5. The number of aromatic nitrogens is 3. The van der Waals surface area contributed by atoms with Crippen molar-refractivity contribution in [3.8, 4) is 0 Å². The zero-order valence-corrected chi connectivity index (χ0v) is 15.9. The molecule has 2 aromatic heterocycles. The molecule has 1 aromatic carbocycles. The SMILES string of the molecule is CCN1CCC2(CCN(C(=O)c3cn4c(N)nc5c(F)cccc5c4n3)C2)C1. The van der Waals surface area contributed by atoms with Gasteiger partial charge in [-0.3, -0.25) is 9.20 Å². The van der Waals surface area contributed by atoms with Crippen molar-refractivity contribution in [1.29, 1.82) is 0 Å². The van der Waals surface area contributed by atoms with Crippen LogP contribution in [0, 0.1) is 11.2 Å². The van der Waals surface area contributed by atoms with E-state index in [1.165, 1.54) is 6.07 Å². The fourth-order valence-electron chi connectivity index (χ4n) is 4.73. The van der Waals surface area contributed by atoms with Crippen molar-refractivity contribution < 1.29 is 9.18 Å². The summed E-state index contributed by atoms with van der Waals surface area (Å²) in [6.45, 7) is 6.90. The van der Waals surface area contributed by atoms with Crippen LogP contribution >= 0.6 is 0 Å². The highest BCUT2D eigenvalue weighted by atomic mass is 19.1. The quantitative estimate of drug-likeness (QED) is 0.735. The van der Waals surface area contributed by atoms with Crippen molar-refractivity contribution in [1.82, 2.24) is 24.2 Å². The number of hydrogen-bond donors (Lipinski definition) is 1. The van der Waals surface area contributed by atoms with Crippen LogP contribution in [-0.4, -0.2) is 62.8 Å². The van der Waals surface area contributed by atoms with Gasteiger partial charge in [-0.15, -0.1) is 0 Å². The summed E-state index contributed by atoms with van der Waals surface area (Å²) in [6.07, 6.45) is 3.78. The number of amides is 1. The molecule has 2 fully saturated rings. The van der Waals surface area contributed by atoms with Crippen LogP contribution in [0.1, 0.15) is 30.3 Å². The summed E-state index contributed by atoms with van der Waals surface area (Å²) in [7, 11) is 0. The molecule has 8 heteroatoms. The Morgan fingerprint density at radius 3 is 2.86 bits per heavy atom. The van der Waals surface area contributed by atoms with Crippen LogP contribution < -0.4 is 5.73 Å². The maximum atomic E-state index is 14.1. The van der Waals surface area contributed by atoms with Gasteiger partial charge in [-0.1, -0.05) is 13.0 Å². The minimum atomic E-state index is -0.453. The number of imidazole rings is 1. The minimum Gasteiger partial charge on any atom is -0.369 e. The highest BCUT2D eigenvalue weighted by Gasteiger charge is 2.44. The second-order valence-corrected chi connectivity index (χ2v) is 8.02. The molecular weight excluding hydrogens is 359 g/mol. The molecule has 2 aliphatic heterocycles. The van der Waals surface area contributed by atoms with Crippen molar-refractivity contribution in [3.05, 3.63) is 35.9 Å². The van der Waals surface area contributed by atoms with Crippen LogP contribution in [0.3, 0.4) is 0 Å². The molecule has 146 valence electrons.